The molecule has 2 aromatic rings. The molecule has 0 aliphatic heterocycles. The zero-order chi connectivity index (χ0) is 13.0. The van der Waals surface area contributed by atoms with Gasteiger partial charge in [-0.15, -0.1) is 0 Å². The molecule has 0 aromatic heterocycles. The number of hydrogen-bond donors (Lipinski definition) is 1. The van der Waals surface area contributed by atoms with Gasteiger partial charge in [0.2, 0.25) is 0 Å². The number of nitrogens with one attached hydrogen (secondary N) is 1. The number of halogens is 2. The van der Waals surface area contributed by atoms with Crippen LogP contribution in [0, 0.1) is 3.57 Å². The van der Waals surface area contributed by atoms with E-state index in [0.717, 1.165) is 26.1 Å². The molecule has 0 bridgehead atoms. The maximum atomic E-state index is 5.90. The molecule has 1 N–H and O–H groups in total. The lowest BCUT2D eigenvalue weighted by Gasteiger charge is -2.10. The van der Waals surface area contributed by atoms with Gasteiger partial charge in [-0.2, -0.15) is 0 Å². The molecule has 0 aliphatic carbocycles. The molecule has 2 aromatic carbocycles. The minimum absolute atomic E-state index is 0.832. The van der Waals surface area contributed by atoms with Gasteiger partial charge in [0.25, 0.3) is 0 Å². The summed E-state index contributed by atoms with van der Waals surface area (Å²) in [5, 5.41) is 3.13. The first-order valence-electron chi connectivity index (χ1n) is 5.56. The summed E-state index contributed by atoms with van der Waals surface area (Å²) in [6.07, 6.45) is 0. The third-order valence-electron chi connectivity index (χ3n) is 2.43. The molecular formula is C14H13BrINO. The summed E-state index contributed by atoms with van der Waals surface area (Å²) in [6.45, 7) is 0.849. The summed E-state index contributed by atoms with van der Waals surface area (Å²) in [5.41, 5.74) is 1.22. The third kappa shape index (κ3) is 3.46. The lowest BCUT2D eigenvalue weighted by atomic mass is 10.2. The fourth-order valence-electron chi connectivity index (χ4n) is 1.59. The smallest absolute Gasteiger partial charge is 0.141 e. The van der Waals surface area contributed by atoms with Gasteiger partial charge in [0, 0.05) is 6.54 Å². The number of para-hydroxylation sites is 1. The van der Waals surface area contributed by atoms with E-state index in [1.54, 1.807) is 0 Å². The van der Waals surface area contributed by atoms with Gasteiger partial charge >= 0.3 is 0 Å². The van der Waals surface area contributed by atoms with Crippen LogP contribution in [0.25, 0.3) is 0 Å². The molecule has 0 saturated carbocycles. The van der Waals surface area contributed by atoms with E-state index in [-0.39, 0.29) is 0 Å². The summed E-state index contributed by atoms with van der Waals surface area (Å²) in [5.74, 6) is 1.71. The maximum absolute atomic E-state index is 5.90. The van der Waals surface area contributed by atoms with Crippen LogP contribution >= 0.6 is 38.5 Å². The Kier molecular flexibility index (Phi) is 5.03. The fraction of sp³-hybridized carbons (Fsp3) is 0.143. The second kappa shape index (κ2) is 6.54. The highest BCUT2D eigenvalue weighted by atomic mass is 127. The van der Waals surface area contributed by atoms with Crippen LogP contribution in [0.15, 0.2) is 46.9 Å². The van der Waals surface area contributed by atoms with Crippen LogP contribution in [-0.2, 0) is 6.54 Å². The summed E-state index contributed by atoms with van der Waals surface area (Å²) in [4.78, 5) is 0. The Labute approximate surface area is 129 Å². The monoisotopic (exact) mass is 417 g/mol. The lowest BCUT2D eigenvalue weighted by Crippen LogP contribution is -2.04. The van der Waals surface area contributed by atoms with E-state index in [1.807, 2.05) is 37.4 Å². The van der Waals surface area contributed by atoms with Crippen LogP contribution in [0.1, 0.15) is 5.56 Å². The van der Waals surface area contributed by atoms with E-state index in [4.69, 9.17) is 4.74 Å². The highest BCUT2D eigenvalue weighted by Crippen LogP contribution is 2.32. The second-order valence-electron chi connectivity index (χ2n) is 3.83. The third-order valence-corrected chi connectivity index (χ3v) is 3.94. The van der Waals surface area contributed by atoms with Gasteiger partial charge < -0.3 is 10.1 Å². The molecule has 0 aliphatic rings. The van der Waals surface area contributed by atoms with Crippen LogP contribution in [0.2, 0.25) is 0 Å². The summed E-state index contributed by atoms with van der Waals surface area (Å²) >= 11 is 5.81. The predicted octanol–water partition coefficient (Wildman–Crippen LogP) is 4.57. The number of rotatable bonds is 4. The van der Waals surface area contributed by atoms with E-state index in [1.165, 1.54) is 5.56 Å². The van der Waals surface area contributed by atoms with Crippen molar-refractivity contribution in [3.63, 3.8) is 0 Å². The Morgan fingerprint density at radius 3 is 2.61 bits per heavy atom. The Hall–Kier alpha value is -0.590. The van der Waals surface area contributed by atoms with E-state index in [2.05, 4.69) is 56.0 Å². The largest absolute Gasteiger partial charge is 0.455 e. The zero-order valence-electron chi connectivity index (χ0n) is 9.91. The molecule has 18 heavy (non-hydrogen) atoms. The fourth-order valence-corrected chi connectivity index (χ4v) is 2.59. The molecular weight excluding hydrogens is 405 g/mol. The van der Waals surface area contributed by atoms with Crippen molar-refractivity contribution >= 4 is 38.5 Å². The van der Waals surface area contributed by atoms with Gasteiger partial charge in [-0.25, -0.2) is 0 Å². The van der Waals surface area contributed by atoms with E-state index in [0.29, 0.717) is 0 Å². The molecule has 0 spiro atoms. The van der Waals surface area contributed by atoms with Crippen LogP contribution in [0.4, 0.5) is 0 Å². The normalized spacial score (nSPS) is 10.4. The summed E-state index contributed by atoms with van der Waals surface area (Å²) < 4.78 is 7.96. The minimum Gasteiger partial charge on any atom is -0.455 e. The Bertz CT molecular complexity index is 545. The number of hydrogen-bond acceptors (Lipinski definition) is 2. The predicted molar refractivity (Wildman–Crippen MR) is 86.1 cm³/mol. The van der Waals surface area contributed by atoms with Gasteiger partial charge in [0.05, 0.1) is 8.04 Å². The SMILES string of the molecule is CNCc1ccc(Oc2ccccc2I)c(Br)c1. The van der Waals surface area contributed by atoms with Crippen molar-refractivity contribution in [2.24, 2.45) is 0 Å². The molecule has 0 amide bonds. The molecule has 0 saturated heterocycles. The molecule has 2 nitrogen and oxygen atoms in total. The Morgan fingerprint density at radius 1 is 1.17 bits per heavy atom. The highest BCUT2D eigenvalue weighted by molar-refractivity contribution is 14.1. The first-order valence-corrected chi connectivity index (χ1v) is 7.43. The molecule has 94 valence electrons. The van der Waals surface area contributed by atoms with Crippen molar-refractivity contribution in [3.8, 4) is 11.5 Å². The average Bonchev–Trinajstić information content (AvgIpc) is 2.35. The van der Waals surface area contributed by atoms with E-state index >= 15 is 0 Å². The maximum Gasteiger partial charge on any atom is 0.141 e. The lowest BCUT2D eigenvalue weighted by molar-refractivity contribution is 0.476. The van der Waals surface area contributed by atoms with Gasteiger partial charge in [-0.1, -0.05) is 18.2 Å². The molecule has 4 heteroatoms. The second-order valence-corrected chi connectivity index (χ2v) is 5.84. The first kappa shape index (κ1) is 13.8. The van der Waals surface area contributed by atoms with Gasteiger partial charge in [0.1, 0.15) is 11.5 Å². The Balaban J connectivity index is 2.22. The summed E-state index contributed by atoms with van der Waals surface area (Å²) in [6, 6.07) is 14.1. The van der Waals surface area contributed by atoms with Crippen LogP contribution in [0.3, 0.4) is 0 Å². The topological polar surface area (TPSA) is 21.3 Å². The van der Waals surface area contributed by atoms with Crippen molar-refractivity contribution in [3.05, 3.63) is 56.1 Å². The zero-order valence-corrected chi connectivity index (χ0v) is 13.7. The van der Waals surface area contributed by atoms with Crippen LogP contribution in [-0.4, -0.2) is 7.05 Å². The van der Waals surface area contributed by atoms with Gasteiger partial charge in [-0.3, -0.25) is 0 Å². The van der Waals surface area contributed by atoms with Crippen molar-refractivity contribution in [2.45, 2.75) is 6.54 Å². The van der Waals surface area contributed by atoms with Crippen LogP contribution in [0.5, 0.6) is 11.5 Å². The average molecular weight is 418 g/mol. The van der Waals surface area contributed by atoms with E-state index < -0.39 is 0 Å². The Morgan fingerprint density at radius 2 is 1.94 bits per heavy atom. The standard InChI is InChI=1S/C14H13BrINO/c1-17-9-10-6-7-13(11(15)8-10)18-14-5-3-2-4-12(14)16/h2-8,17H,9H2,1H3. The molecule has 0 radical (unpaired) electrons. The van der Waals surface area contributed by atoms with Crippen molar-refractivity contribution < 1.29 is 4.74 Å². The molecule has 0 fully saturated rings. The van der Waals surface area contributed by atoms with Crippen molar-refractivity contribution in [2.75, 3.05) is 7.05 Å². The van der Waals surface area contributed by atoms with E-state index in [9.17, 15) is 0 Å². The molecule has 2 rings (SSSR count). The number of benzene rings is 2. The van der Waals surface area contributed by atoms with Gasteiger partial charge in [-0.05, 0) is 75.4 Å². The van der Waals surface area contributed by atoms with Crippen molar-refractivity contribution in [1.29, 1.82) is 0 Å². The number of ether oxygens (including phenoxy) is 1. The quantitative estimate of drug-likeness (QED) is 0.736. The molecule has 0 heterocycles. The van der Waals surface area contributed by atoms with Crippen molar-refractivity contribution in [1.82, 2.24) is 5.32 Å². The van der Waals surface area contributed by atoms with Gasteiger partial charge in [0.15, 0.2) is 0 Å². The minimum atomic E-state index is 0.832. The van der Waals surface area contributed by atoms with Crippen LogP contribution < -0.4 is 10.1 Å². The summed E-state index contributed by atoms with van der Waals surface area (Å²) in [7, 11) is 1.94. The highest BCUT2D eigenvalue weighted by Gasteiger charge is 2.06. The molecule has 0 atom stereocenters. The molecule has 0 unspecified atom stereocenters. The first-order chi connectivity index (χ1) is 8.70.